The molecule has 1 heterocycles. The van der Waals surface area contributed by atoms with E-state index in [0.29, 0.717) is 5.02 Å². The topological polar surface area (TPSA) is 26.0 Å². The van der Waals surface area contributed by atoms with Crippen LogP contribution in [0.15, 0.2) is 35.1 Å². The molecule has 0 aliphatic rings. The summed E-state index contributed by atoms with van der Waals surface area (Å²) in [5.41, 5.74) is 1.83. The quantitative estimate of drug-likeness (QED) is 0.695. The lowest BCUT2D eigenvalue weighted by atomic mass is 10.1. The van der Waals surface area contributed by atoms with Crippen molar-refractivity contribution >= 4 is 11.6 Å². The number of aromatic nitrogens is 1. The van der Waals surface area contributed by atoms with Crippen LogP contribution in [0.25, 0.3) is 11.3 Å². The number of rotatable bonds is 1. The summed E-state index contributed by atoms with van der Waals surface area (Å²) in [6, 6.07) is 7.55. The van der Waals surface area contributed by atoms with E-state index < -0.39 is 0 Å². The predicted molar refractivity (Wildman–Crippen MR) is 51.7 cm³/mol. The average Bonchev–Trinajstić information content (AvgIpc) is 2.51. The van der Waals surface area contributed by atoms with Crippen LogP contribution in [0, 0.1) is 6.92 Å². The standard InChI is InChI=1S/C10H8ClNO/c1-7-10(12-6-13-7)8-3-2-4-9(11)5-8/h2-6H,1H3. The molecule has 0 aliphatic heterocycles. The third kappa shape index (κ3) is 1.58. The first kappa shape index (κ1) is 8.32. The van der Waals surface area contributed by atoms with Crippen molar-refractivity contribution < 1.29 is 4.42 Å². The molecule has 0 fully saturated rings. The molecular weight excluding hydrogens is 186 g/mol. The summed E-state index contributed by atoms with van der Waals surface area (Å²) in [4.78, 5) is 4.10. The highest BCUT2D eigenvalue weighted by Crippen LogP contribution is 2.23. The molecule has 13 heavy (non-hydrogen) atoms. The van der Waals surface area contributed by atoms with Crippen molar-refractivity contribution in [1.29, 1.82) is 0 Å². The molecule has 0 radical (unpaired) electrons. The number of benzene rings is 1. The molecule has 3 heteroatoms. The zero-order valence-electron chi connectivity index (χ0n) is 7.12. The summed E-state index contributed by atoms with van der Waals surface area (Å²) in [6.45, 7) is 1.88. The van der Waals surface area contributed by atoms with Gasteiger partial charge < -0.3 is 4.42 Å². The minimum atomic E-state index is 0.708. The highest BCUT2D eigenvalue weighted by Gasteiger charge is 2.05. The van der Waals surface area contributed by atoms with Crippen LogP contribution < -0.4 is 0 Å². The SMILES string of the molecule is Cc1ocnc1-c1cccc(Cl)c1. The maximum absolute atomic E-state index is 5.86. The molecule has 0 spiro atoms. The zero-order valence-corrected chi connectivity index (χ0v) is 7.88. The van der Waals surface area contributed by atoms with Gasteiger partial charge in [0.1, 0.15) is 11.5 Å². The number of nitrogens with zero attached hydrogens (tertiary/aromatic N) is 1. The Hall–Kier alpha value is -1.28. The second-order valence-electron chi connectivity index (χ2n) is 2.77. The monoisotopic (exact) mass is 193 g/mol. The molecule has 0 atom stereocenters. The number of halogens is 1. The van der Waals surface area contributed by atoms with Gasteiger partial charge in [-0.15, -0.1) is 0 Å². The van der Waals surface area contributed by atoms with E-state index in [1.54, 1.807) is 0 Å². The lowest BCUT2D eigenvalue weighted by Crippen LogP contribution is -1.79. The lowest BCUT2D eigenvalue weighted by molar-refractivity contribution is 0.527. The fraction of sp³-hybridized carbons (Fsp3) is 0.100. The van der Waals surface area contributed by atoms with E-state index >= 15 is 0 Å². The van der Waals surface area contributed by atoms with Crippen molar-refractivity contribution in [1.82, 2.24) is 4.98 Å². The Kier molecular flexibility index (Phi) is 2.07. The Morgan fingerprint density at radius 3 is 2.85 bits per heavy atom. The van der Waals surface area contributed by atoms with Crippen molar-refractivity contribution in [3.8, 4) is 11.3 Å². The summed E-state index contributed by atoms with van der Waals surface area (Å²) in [5.74, 6) is 0.808. The van der Waals surface area contributed by atoms with Gasteiger partial charge in [0.15, 0.2) is 6.39 Å². The first-order chi connectivity index (χ1) is 6.27. The molecule has 2 nitrogen and oxygen atoms in total. The Morgan fingerprint density at radius 1 is 1.38 bits per heavy atom. The first-order valence-electron chi connectivity index (χ1n) is 3.93. The van der Waals surface area contributed by atoms with Crippen LogP contribution in [-0.4, -0.2) is 4.98 Å². The zero-order chi connectivity index (χ0) is 9.26. The Balaban J connectivity index is 2.53. The molecule has 0 saturated heterocycles. The Morgan fingerprint density at radius 2 is 2.23 bits per heavy atom. The molecule has 0 amide bonds. The van der Waals surface area contributed by atoms with Crippen LogP contribution in [0.4, 0.5) is 0 Å². The van der Waals surface area contributed by atoms with Gasteiger partial charge in [0.2, 0.25) is 0 Å². The molecule has 2 aromatic rings. The van der Waals surface area contributed by atoms with Crippen molar-refractivity contribution in [2.75, 3.05) is 0 Å². The average molecular weight is 194 g/mol. The number of hydrogen-bond acceptors (Lipinski definition) is 2. The van der Waals surface area contributed by atoms with E-state index in [1.165, 1.54) is 6.39 Å². The smallest absolute Gasteiger partial charge is 0.181 e. The minimum absolute atomic E-state index is 0.708. The van der Waals surface area contributed by atoms with E-state index in [1.807, 2.05) is 31.2 Å². The van der Waals surface area contributed by atoms with Crippen LogP contribution in [0.2, 0.25) is 5.02 Å². The molecule has 1 aromatic carbocycles. The van der Waals surface area contributed by atoms with Crippen LogP contribution in [0.1, 0.15) is 5.76 Å². The van der Waals surface area contributed by atoms with Gasteiger partial charge in [-0.25, -0.2) is 4.98 Å². The van der Waals surface area contributed by atoms with Crippen molar-refractivity contribution in [3.63, 3.8) is 0 Å². The van der Waals surface area contributed by atoms with Gasteiger partial charge in [-0.2, -0.15) is 0 Å². The van der Waals surface area contributed by atoms with E-state index in [-0.39, 0.29) is 0 Å². The van der Waals surface area contributed by atoms with Crippen molar-refractivity contribution in [2.45, 2.75) is 6.92 Å². The third-order valence-electron chi connectivity index (χ3n) is 1.84. The first-order valence-corrected chi connectivity index (χ1v) is 4.31. The summed E-state index contributed by atoms with van der Waals surface area (Å²) in [5, 5.41) is 0.708. The van der Waals surface area contributed by atoms with Gasteiger partial charge in [-0.05, 0) is 19.1 Å². The normalized spacial score (nSPS) is 10.3. The third-order valence-corrected chi connectivity index (χ3v) is 2.08. The molecule has 0 aliphatic carbocycles. The van der Waals surface area contributed by atoms with E-state index in [2.05, 4.69) is 4.98 Å². The van der Waals surface area contributed by atoms with E-state index in [9.17, 15) is 0 Å². The molecule has 1 aromatic heterocycles. The van der Waals surface area contributed by atoms with Gasteiger partial charge in [0.05, 0.1) is 0 Å². The Bertz CT molecular complexity index is 422. The van der Waals surface area contributed by atoms with Crippen molar-refractivity contribution in [2.24, 2.45) is 0 Å². The summed E-state index contributed by atoms with van der Waals surface area (Å²) >= 11 is 5.86. The number of oxazole rings is 1. The lowest BCUT2D eigenvalue weighted by Gasteiger charge is -1.97. The largest absolute Gasteiger partial charge is 0.448 e. The summed E-state index contributed by atoms with van der Waals surface area (Å²) in [6.07, 6.45) is 1.44. The van der Waals surface area contributed by atoms with Crippen LogP contribution in [0.3, 0.4) is 0 Å². The highest BCUT2D eigenvalue weighted by molar-refractivity contribution is 6.30. The highest BCUT2D eigenvalue weighted by atomic mass is 35.5. The van der Waals surface area contributed by atoms with Crippen LogP contribution in [-0.2, 0) is 0 Å². The van der Waals surface area contributed by atoms with E-state index in [0.717, 1.165) is 17.0 Å². The molecular formula is C10H8ClNO. The Labute approximate surface area is 81.2 Å². The number of aryl methyl sites for hydroxylation is 1. The molecule has 66 valence electrons. The summed E-state index contributed by atoms with van der Waals surface area (Å²) in [7, 11) is 0. The van der Waals surface area contributed by atoms with Gasteiger partial charge in [-0.1, -0.05) is 23.7 Å². The second-order valence-corrected chi connectivity index (χ2v) is 3.20. The molecule has 2 rings (SSSR count). The number of hydrogen-bond donors (Lipinski definition) is 0. The van der Waals surface area contributed by atoms with Crippen LogP contribution in [0.5, 0.6) is 0 Å². The van der Waals surface area contributed by atoms with Crippen LogP contribution >= 0.6 is 11.6 Å². The van der Waals surface area contributed by atoms with E-state index in [4.69, 9.17) is 16.0 Å². The molecule has 0 N–H and O–H groups in total. The summed E-state index contributed by atoms with van der Waals surface area (Å²) < 4.78 is 5.10. The second kappa shape index (κ2) is 3.23. The maximum atomic E-state index is 5.86. The maximum Gasteiger partial charge on any atom is 0.181 e. The van der Waals surface area contributed by atoms with Gasteiger partial charge in [-0.3, -0.25) is 0 Å². The fourth-order valence-electron chi connectivity index (χ4n) is 1.22. The van der Waals surface area contributed by atoms with Gasteiger partial charge in [0.25, 0.3) is 0 Å². The van der Waals surface area contributed by atoms with Gasteiger partial charge in [0, 0.05) is 10.6 Å². The predicted octanol–water partition coefficient (Wildman–Crippen LogP) is 3.30. The molecule has 0 unspecified atom stereocenters. The molecule has 0 saturated carbocycles. The molecule has 0 bridgehead atoms. The minimum Gasteiger partial charge on any atom is -0.448 e. The fourth-order valence-corrected chi connectivity index (χ4v) is 1.41. The van der Waals surface area contributed by atoms with Gasteiger partial charge >= 0.3 is 0 Å². The van der Waals surface area contributed by atoms with Crippen molar-refractivity contribution in [3.05, 3.63) is 41.4 Å².